The van der Waals surface area contributed by atoms with Crippen molar-refractivity contribution in [3.63, 3.8) is 0 Å². The van der Waals surface area contributed by atoms with Crippen LogP contribution in [0.3, 0.4) is 0 Å². The molecule has 0 aromatic carbocycles. The molecule has 0 aromatic rings. The number of piperazine rings is 1. The lowest BCUT2D eigenvalue weighted by Crippen LogP contribution is -2.50. The molecule has 1 rings (SSSR count). The maximum atomic E-state index is 12.3. The van der Waals surface area contributed by atoms with Gasteiger partial charge < -0.3 is 15.4 Å². The van der Waals surface area contributed by atoms with Crippen molar-refractivity contribution in [3.05, 3.63) is 0 Å². The number of carbonyl (C=O) groups is 1. The Kier molecular flexibility index (Phi) is 6.42. The molecule has 8 heteroatoms. The van der Waals surface area contributed by atoms with Crippen LogP contribution in [0.15, 0.2) is 0 Å². The first kappa shape index (κ1) is 18.2. The van der Waals surface area contributed by atoms with E-state index in [1.165, 1.54) is 12.0 Å². The molecule has 5 nitrogen and oxygen atoms in total. The molecule has 0 amide bonds. The molecule has 0 bridgehead atoms. The molecule has 0 radical (unpaired) electrons. The minimum Gasteiger partial charge on any atom is -0.468 e. The zero-order valence-electron chi connectivity index (χ0n) is 12.6. The lowest BCUT2D eigenvalue weighted by Gasteiger charge is -2.35. The van der Waals surface area contributed by atoms with Crippen molar-refractivity contribution in [2.24, 2.45) is 5.73 Å². The molecule has 21 heavy (non-hydrogen) atoms. The zero-order chi connectivity index (χ0) is 16.1. The Morgan fingerprint density at radius 2 is 1.71 bits per heavy atom. The van der Waals surface area contributed by atoms with E-state index >= 15 is 0 Å². The summed E-state index contributed by atoms with van der Waals surface area (Å²) in [4.78, 5) is 14.9. The first-order valence-electron chi connectivity index (χ1n) is 7.03. The lowest BCUT2D eigenvalue weighted by atomic mass is 9.97. The van der Waals surface area contributed by atoms with Crippen LogP contribution in [-0.4, -0.2) is 73.9 Å². The zero-order valence-corrected chi connectivity index (χ0v) is 12.6. The van der Waals surface area contributed by atoms with Gasteiger partial charge in [-0.2, -0.15) is 13.2 Å². The first-order chi connectivity index (χ1) is 9.64. The summed E-state index contributed by atoms with van der Waals surface area (Å²) in [6.45, 7) is 3.55. The van der Waals surface area contributed by atoms with E-state index in [0.717, 1.165) is 6.54 Å². The van der Waals surface area contributed by atoms with Crippen molar-refractivity contribution in [1.29, 1.82) is 0 Å². The first-order valence-corrected chi connectivity index (χ1v) is 7.03. The lowest BCUT2D eigenvalue weighted by molar-refractivity contribution is -0.149. The predicted octanol–water partition coefficient (Wildman–Crippen LogP) is 0.837. The highest BCUT2D eigenvalue weighted by Gasteiger charge is 2.32. The van der Waals surface area contributed by atoms with Gasteiger partial charge in [0, 0.05) is 26.2 Å². The third-order valence-corrected chi connectivity index (χ3v) is 3.69. The van der Waals surface area contributed by atoms with Gasteiger partial charge in [0.15, 0.2) is 0 Å². The summed E-state index contributed by atoms with van der Waals surface area (Å²) < 4.78 is 41.4. The Morgan fingerprint density at radius 3 is 2.19 bits per heavy atom. The Balaban J connectivity index is 2.23. The number of methoxy groups -OCH3 is 1. The number of hydrogen-bond donors (Lipinski definition) is 1. The van der Waals surface area contributed by atoms with E-state index in [0.29, 0.717) is 39.0 Å². The molecule has 124 valence electrons. The highest BCUT2D eigenvalue weighted by Crippen LogP contribution is 2.18. The van der Waals surface area contributed by atoms with E-state index in [1.807, 2.05) is 0 Å². The Hall–Kier alpha value is -0.860. The van der Waals surface area contributed by atoms with Gasteiger partial charge in [-0.05, 0) is 26.3 Å². The molecule has 1 aliphatic heterocycles. The van der Waals surface area contributed by atoms with Gasteiger partial charge in [-0.1, -0.05) is 0 Å². The quantitative estimate of drug-likeness (QED) is 0.737. The van der Waals surface area contributed by atoms with E-state index in [9.17, 15) is 18.0 Å². The normalized spacial score (nSPS) is 21.0. The third kappa shape index (κ3) is 6.62. The van der Waals surface area contributed by atoms with Crippen molar-refractivity contribution in [3.8, 4) is 0 Å². The van der Waals surface area contributed by atoms with Gasteiger partial charge in [-0.25, -0.2) is 0 Å². The van der Waals surface area contributed by atoms with Gasteiger partial charge >= 0.3 is 12.1 Å². The van der Waals surface area contributed by atoms with Crippen LogP contribution in [0.1, 0.15) is 19.8 Å². The van der Waals surface area contributed by atoms with Gasteiger partial charge in [-0.3, -0.25) is 9.69 Å². The fourth-order valence-corrected chi connectivity index (χ4v) is 2.43. The summed E-state index contributed by atoms with van der Waals surface area (Å²) >= 11 is 0. The van der Waals surface area contributed by atoms with Crippen molar-refractivity contribution in [1.82, 2.24) is 9.80 Å². The fourth-order valence-electron chi connectivity index (χ4n) is 2.43. The molecule has 0 saturated carbocycles. The Labute approximate surface area is 123 Å². The van der Waals surface area contributed by atoms with Crippen LogP contribution in [0.4, 0.5) is 13.2 Å². The molecule has 1 aliphatic rings. The number of esters is 1. The predicted molar refractivity (Wildman–Crippen MR) is 72.8 cm³/mol. The number of alkyl halides is 3. The molecular formula is C13H24F3N3O2. The molecule has 1 unspecified atom stereocenters. The second-order valence-electron chi connectivity index (χ2n) is 5.75. The third-order valence-electron chi connectivity index (χ3n) is 3.69. The topological polar surface area (TPSA) is 58.8 Å². The highest BCUT2D eigenvalue weighted by atomic mass is 19.4. The van der Waals surface area contributed by atoms with Crippen molar-refractivity contribution >= 4 is 5.97 Å². The van der Waals surface area contributed by atoms with E-state index < -0.39 is 24.2 Å². The number of halogens is 3. The summed E-state index contributed by atoms with van der Waals surface area (Å²) in [5, 5.41) is 0. The summed E-state index contributed by atoms with van der Waals surface area (Å²) in [7, 11) is 1.30. The maximum Gasteiger partial charge on any atom is 0.401 e. The molecule has 1 saturated heterocycles. The van der Waals surface area contributed by atoms with E-state index in [1.54, 1.807) is 6.92 Å². The molecule has 1 atom stereocenters. The molecule has 0 spiro atoms. The summed E-state index contributed by atoms with van der Waals surface area (Å²) in [6.07, 6.45) is -2.94. The second kappa shape index (κ2) is 7.42. The average Bonchev–Trinajstić information content (AvgIpc) is 2.38. The second-order valence-corrected chi connectivity index (χ2v) is 5.75. The highest BCUT2D eigenvalue weighted by molar-refractivity contribution is 5.79. The monoisotopic (exact) mass is 311 g/mol. The van der Waals surface area contributed by atoms with Crippen LogP contribution < -0.4 is 5.73 Å². The van der Waals surface area contributed by atoms with Crippen LogP contribution in [0, 0.1) is 0 Å². The van der Waals surface area contributed by atoms with E-state index in [-0.39, 0.29) is 0 Å². The smallest absolute Gasteiger partial charge is 0.401 e. The van der Waals surface area contributed by atoms with E-state index in [4.69, 9.17) is 5.73 Å². The molecule has 1 heterocycles. The van der Waals surface area contributed by atoms with Crippen molar-refractivity contribution in [2.45, 2.75) is 31.5 Å². The van der Waals surface area contributed by atoms with Gasteiger partial charge in [0.2, 0.25) is 0 Å². The molecule has 2 N–H and O–H groups in total. The average molecular weight is 311 g/mol. The molecular weight excluding hydrogens is 287 g/mol. The molecule has 0 aliphatic carbocycles. The standard InChI is InChI=1S/C13H24F3N3O2/c1-12(17,11(20)21-2)4-3-5-18-6-8-19(9-7-18)10-13(14,15)16/h3-10,17H2,1-2H3. The van der Waals surface area contributed by atoms with Crippen LogP contribution in [0.25, 0.3) is 0 Å². The number of rotatable bonds is 6. The number of hydrogen-bond acceptors (Lipinski definition) is 5. The minimum absolute atomic E-state index is 0.413. The van der Waals surface area contributed by atoms with Crippen LogP contribution in [0.2, 0.25) is 0 Å². The number of carbonyl (C=O) groups excluding carboxylic acids is 1. The number of nitrogens with zero attached hydrogens (tertiary/aromatic N) is 2. The largest absolute Gasteiger partial charge is 0.468 e. The van der Waals surface area contributed by atoms with Crippen molar-refractivity contribution < 1.29 is 22.7 Å². The summed E-state index contributed by atoms with van der Waals surface area (Å²) in [5.41, 5.74) is 4.84. The van der Waals surface area contributed by atoms with E-state index in [2.05, 4.69) is 9.64 Å². The Bertz CT molecular complexity index is 340. The van der Waals surface area contributed by atoms with Crippen LogP contribution in [-0.2, 0) is 9.53 Å². The van der Waals surface area contributed by atoms with Crippen molar-refractivity contribution in [2.75, 3.05) is 46.4 Å². The minimum atomic E-state index is -4.13. The number of nitrogens with two attached hydrogens (primary N) is 1. The van der Waals surface area contributed by atoms with Crippen LogP contribution >= 0.6 is 0 Å². The van der Waals surface area contributed by atoms with Crippen LogP contribution in [0.5, 0.6) is 0 Å². The van der Waals surface area contributed by atoms with Gasteiger partial charge in [0.25, 0.3) is 0 Å². The number of ether oxygens (including phenoxy) is 1. The molecule has 1 fully saturated rings. The van der Waals surface area contributed by atoms with Gasteiger partial charge in [-0.15, -0.1) is 0 Å². The fraction of sp³-hybridized carbons (Fsp3) is 0.923. The SMILES string of the molecule is COC(=O)C(C)(N)CCCN1CCN(CC(F)(F)F)CC1. The summed E-state index contributed by atoms with van der Waals surface area (Å²) in [5.74, 6) is -0.447. The van der Waals surface area contributed by atoms with Gasteiger partial charge in [0.05, 0.1) is 13.7 Å². The maximum absolute atomic E-state index is 12.3. The van der Waals surface area contributed by atoms with Gasteiger partial charge in [0.1, 0.15) is 5.54 Å². The Morgan fingerprint density at radius 1 is 1.19 bits per heavy atom. The molecule has 0 aromatic heterocycles. The summed E-state index contributed by atoms with van der Waals surface area (Å²) in [6, 6.07) is 0.